The first-order valence-electron chi connectivity index (χ1n) is 6.89. The molecule has 0 fully saturated rings. The third-order valence-corrected chi connectivity index (χ3v) is 2.97. The predicted octanol–water partition coefficient (Wildman–Crippen LogP) is 1.43. The van der Waals surface area contributed by atoms with E-state index in [4.69, 9.17) is 19.9 Å². The average molecular weight is 291 g/mol. The second-order valence-electron chi connectivity index (χ2n) is 4.53. The van der Waals surface area contributed by atoms with Crippen LogP contribution in [-0.2, 0) is 20.6 Å². The molecule has 0 heterocycles. The van der Waals surface area contributed by atoms with Crippen molar-refractivity contribution in [3.8, 4) is 5.75 Å². The number of hydrogen-bond acceptors (Lipinski definition) is 5. The summed E-state index contributed by atoms with van der Waals surface area (Å²) in [6, 6.07) is 7.64. The molecule has 6 heteroatoms. The molecule has 0 aliphatic heterocycles. The minimum Gasteiger partial charge on any atom is -0.493 e. The molecule has 21 heavy (non-hydrogen) atoms. The highest BCUT2D eigenvalue weighted by atomic mass is 16.5. The second kappa shape index (κ2) is 10.0. The minimum atomic E-state index is -0.355. The first-order valence-corrected chi connectivity index (χ1v) is 6.89. The van der Waals surface area contributed by atoms with E-state index in [1.54, 1.807) is 0 Å². The Labute approximate surface area is 126 Å². The molecular weight excluding hydrogens is 269 g/mol. The van der Waals surface area contributed by atoms with Crippen molar-refractivity contribution in [1.29, 1.82) is 0 Å². The number of benzene rings is 1. The molecule has 0 radical (unpaired) electrons. The van der Waals surface area contributed by atoms with Gasteiger partial charge in [0.25, 0.3) is 7.48 Å². The Hall–Kier alpha value is -1.79. The summed E-state index contributed by atoms with van der Waals surface area (Å²) in [5.41, 5.74) is 6.31. The standard InChI is InChI=1S/C15H22BNO4/c1-3-4-9-20-13-7-5-12(6-8-13)10-14(15(18)19-2)16-21-11-17/h3,5-8,14,16H,1,4,9-11,17H2,2H3/t14-/m0/s1. The third-order valence-electron chi connectivity index (χ3n) is 2.97. The van der Waals surface area contributed by atoms with Crippen molar-refractivity contribution in [1.82, 2.24) is 0 Å². The van der Waals surface area contributed by atoms with E-state index < -0.39 is 0 Å². The van der Waals surface area contributed by atoms with Crippen LogP contribution in [0.1, 0.15) is 12.0 Å². The Kier molecular flexibility index (Phi) is 8.24. The van der Waals surface area contributed by atoms with E-state index in [-0.39, 0.29) is 26.0 Å². The fourth-order valence-electron chi connectivity index (χ4n) is 1.85. The van der Waals surface area contributed by atoms with Gasteiger partial charge in [-0.15, -0.1) is 6.58 Å². The fraction of sp³-hybridized carbons (Fsp3) is 0.400. The number of methoxy groups -OCH3 is 1. The van der Waals surface area contributed by atoms with Crippen LogP contribution in [0.4, 0.5) is 0 Å². The molecule has 0 saturated carbocycles. The highest BCUT2D eigenvalue weighted by Crippen LogP contribution is 2.18. The van der Waals surface area contributed by atoms with E-state index in [1.165, 1.54) is 7.11 Å². The van der Waals surface area contributed by atoms with Crippen LogP contribution >= 0.6 is 0 Å². The number of esters is 1. The lowest BCUT2D eigenvalue weighted by Gasteiger charge is -2.13. The lowest BCUT2D eigenvalue weighted by atomic mass is 9.76. The van der Waals surface area contributed by atoms with Gasteiger partial charge < -0.3 is 19.9 Å². The van der Waals surface area contributed by atoms with Crippen LogP contribution in [0.2, 0.25) is 5.82 Å². The van der Waals surface area contributed by atoms with Gasteiger partial charge in [-0.05, 0) is 30.5 Å². The van der Waals surface area contributed by atoms with Crippen LogP contribution in [0.15, 0.2) is 36.9 Å². The van der Waals surface area contributed by atoms with E-state index in [9.17, 15) is 4.79 Å². The van der Waals surface area contributed by atoms with E-state index in [2.05, 4.69) is 6.58 Å². The Bertz CT molecular complexity index is 436. The molecule has 1 rings (SSSR count). The summed E-state index contributed by atoms with van der Waals surface area (Å²) in [5, 5.41) is 0. The molecule has 0 spiro atoms. The zero-order valence-electron chi connectivity index (χ0n) is 12.4. The first-order chi connectivity index (χ1) is 10.2. The molecule has 2 N–H and O–H groups in total. The smallest absolute Gasteiger partial charge is 0.303 e. The molecule has 5 nitrogen and oxygen atoms in total. The number of nitrogens with two attached hydrogens (primary N) is 1. The van der Waals surface area contributed by atoms with E-state index in [0.717, 1.165) is 17.7 Å². The quantitative estimate of drug-likeness (QED) is 0.232. The van der Waals surface area contributed by atoms with Gasteiger partial charge in [-0.2, -0.15) is 0 Å². The lowest BCUT2D eigenvalue weighted by molar-refractivity contribution is -0.140. The van der Waals surface area contributed by atoms with Crippen molar-refractivity contribution in [3.63, 3.8) is 0 Å². The minimum absolute atomic E-state index is 0.0869. The maximum absolute atomic E-state index is 11.7. The van der Waals surface area contributed by atoms with Crippen molar-refractivity contribution < 1.29 is 18.9 Å². The molecule has 0 saturated heterocycles. The second-order valence-corrected chi connectivity index (χ2v) is 4.53. The Balaban J connectivity index is 2.58. The van der Waals surface area contributed by atoms with Crippen molar-refractivity contribution in [2.24, 2.45) is 5.73 Å². The van der Waals surface area contributed by atoms with Crippen molar-refractivity contribution >= 4 is 13.5 Å². The largest absolute Gasteiger partial charge is 0.493 e. The van der Waals surface area contributed by atoms with Gasteiger partial charge in [0.05, 0.1) is 26.3 Å². The topological polar surface area (TPSA) is 70.8 Å². The van der Waals surface area contributed by atoms with E-state index >= 15 is 0 Å². The molecule has 1 aromatic carbocycles. The fourth-order valence-corrected chi connectivity index (χ4v) is 1.85. The normalized spacial score (nSPS) is 11.5. The third kappa shape index (κ3) is 6.47. The van der Waals surface area contributed by atoms with Crippen molar-refractivity contribution in [2.75, 3.05) is 20.4 Å². The van der Waals surface area contributed by atoms with Crippen LogP contribution in [0, 0.1) is 0 Å². The van der Waals surface area contributed by atoms with Crippen molar-refractivity contribution in [2.45, 2.75) is 18.7 Å². The van der Waals surface area contributed by atoms with Gasteiger partial charge in [-0.25, -0.2) is 0 Å². The summed E-state index contributed by atoms with van der Waals surface area (Å²) in [6.07, 6.45) is 3.16. The Morgan fingerprint density at radius 2 is 2.14 bits per heavy atom. The van der Waals surface area contributed by atoms with E-state index in [1.807, 2.05) is 30.3 Å². The monoisotopic (exact) mass is 291 g/mol. The van der Waals surface area contributed by atoms with Gasteiger partial charge in [0.2, 0.25) is 0 Å². The molecule has 1 aromatic rings. The number of rotatable bonds is 10. The molecule has 0 bridgehead atoms. The summed E-state index contributed by atoms with van der Waals surface area (Å²) >= 11 is 0. The van der Waals surface area contributed by atoms with Crippen LogP contribution in [-0.4, -0.2) is 33.9 Å². The predicted molar refractivity (Wildman–Crippen MR) is 83.5 cm³/mol. The number of hydrogen-bond donors (Lipinski definition) is 1. The van der Waals surface area contributed by atoms with Gasteiger partial charge in [-0.3, -0.25) is 4.79 Å². The Morgan fingerprint density at radius 1 is 1.43 bits per heavy atom. The number of carbonyl (C=O) groups is 1. The SMILES string of the molecule is C=CCCOc1ccc(C[C@H](BOCN)C(=O)OC)cc1. The molecule has 0 aliphatic rings. The molecule has 1 atom stereocenters. The first kappa shape index (κ1) is 17.3. The molecule has 0 unspecified atom stereocenters. The number of ether oxygens (including phenoxy) is 2. The maximum atomic E-state index is 11.7. The number of carbonyl (C=O) groups excluding carboxylic acids is 1. The highest BCUT2D eigenvalue weighted by Gasteiger charge is 2.21. The van der Waals surface area contributed by atoms with Crippen molar-refractivity contribution in [3.05, 3.63) is 42.5 Å². The Morgan fingerprint density at radius 3 is 2.71 bits per heavy atom. The summed E-state index contributed by atoms with van der Waals surface area (Å²) in [6.45, 7) is 4.34. The molecule has 114 valence electrons. The molecule has 0 amide bonds. The van der Waals surface area contributed by atoms with Crippen LogP contribution in [0.25, 0.3) is 0 Å². The van der Waals surface area contributed by atoms with Gasteiger partial charge in [0, 0.05) is 0 Å². The van der Waals surface area contributed by atoms with Crippen LogP contribution < -0.4 is 10.5 Å². The molecule has 0 aromatic heterocycles. The van der Waals surface area contributed by atoms with Gasteiger partial charge >= 0.3 is 5.97 Å². The molecule has 0 aliphatic carbocycles. The highest BCUT2D eigenvalue weighted by molar-refractivity contribution is 6.36. The summed E-state index contributed by atoms with van der Waals surface area (Å²) in [4.78, 5) is 11.7. The molecular formula is C15H22BNO4. The van der Waals surface area contributed by atoms with Crippen LogP contribution in [0.5, 0.6) is 5.75 Å². The lowest BCUT2D eigenvalue weighted by Crippen LogP contribution is -2.23. The summed E-state index contributed by atoms with van der Waals surface area (Å²) < 4.78 is 15.4. The zero-order chi connectivity index (χ0) is 15.5. The maximum Gasteiger partial charge on any atom is 0.303 e. The van der Waals surface area contributed by atoms with E-state index in [0.29, 0.717) is 13.0 Å². The average Bonchev–Trinajstić information content (AvgIpc) is 2.52. The van der Waals surface area contributed by atoms with Gasteiger partial charge in [0.15, 0.2) is 0 Å². The summed E-state index contributed by atoms with van der Waals surface area (Å²) in [7, 11) is 1.62. The van der Waals surface area contributed by atoms with Crippen LogP contribution in [0.3, 0.4) is 0 Å². The zero-order valence-corrected chi connectivity index (χ0v) is 12.4. The summed E-state index contributed by atoms with van der Waals surface area (Å²) in [5.74, 6) is 0.147. The van der Waals surface area contributed by atoms with Gasteiger partial charge in [0.1, 0.15) is 5.75 Å². The van der Waals surface area contributed by atoms with Gasteiger partial charge in [-0.1, -0.05) is 18.2 Å².